The van der Waals surface area contributed by atoms with E-state index >= 15 is 0 Å². The maximum atomic E-state index is 11.6. The van der Waals surface area contributed by atoms with Crippen molar-refractivity contribution in [2.24, 2.45) is 0 Å². The number of ether oxygens (including phenoxy) is 2. The van der Waals surface area contributed by atoms with Crippen molar-refractivity contribution in [2.75, 3.05) is 19.5 Å². The quantitative estimate of drug-likeness (QED) is 0.675. The molecule has 1 N–H and O–H groups in total. The van der Waals surface area contributed by atoms with Crippen LogP contribution < -0.4 is 10.1 Å². The SMILES string of the molecule is COC(=O)c1ccc(NCc2coc(-c3cccc(OC)c3)n2)cc1C. The van der Waals surface area contributed by atoms with Gasteiger partial charge in [-0.25, -0.2) is 9.78 Å². The average molecular weight is 352 g/mol. The third kappa shape index (κ3) is 3.85. The Balaban J connectivity index is 1.68. The summed E-state index contributed by atoms with van der Waals surface area (Å²) >= 11 is 0. The van der Waals surface area contributed by atoms with Crippen LogP contribution in [0.5, 0.6) is 5.75 Å². The first-order valence-corrected chi connectivity index (χ1v) is 8.12. The van der Waals surface area contributed by atoms with E-state index in [0.717, 1.165) is 28.3 Å². The molecule has 0 saturated heterocycles. The van der Waals surface area contributed by atoms with Gasteiger partial charge in [-0.2, -0.15) is 0 Å². The maximum absolute atomic E-state index is 11.6. The van der Waals surface area contributed by atoms with Gasteiger partial charge in [0.25, 0.3) is 0 Å². The summed E-state index contributed by atoms with van der Waals surface area (Å²) in [6.45, 7) is 2.37. The van der Waals surface area contributed by atoms with Crippen molar-refractivity contribution < 1.29 is 18.7 Å². The number of hydrogen-bond donors (Lipinski definition) is 1. The van der Waals surface area contributed by atoms with Crippen molar-refractivity contribution in [1.29, 1.82) is 0 Å². The highest BCUT2D eigenvalue weighted by atomic mass is 16.5. The number of hydrogen-bond acceptors (Lipinski definition) is 6. The van der Waals surface area contributed by atoms with Crippen LogP contribution >= 0.6 is 0 Å². The third-order valence-corrected chi connectivity index (χ3v) is 3.97. The zero-order valence-electron chi connectivity index (χ0n) is 14.9. The summed E-state index contributed by atoms with van der Waals surface area (Å²) in [5.41, 5.74) is 3.92. The first kappa shape index (κ1) is 17.5. The molecule has 0 amide bonds. The van der Waals surface area contributed by atoms with Crippen LogP contribution in [0, 0.1) is 6.92 Å². The van der Waals surface area contributed by atoms with E-state index in [1.165, 1.54) is 7.11 Å². The topological polar surface area (TPSA) is 73.6 Å². The molecule has 0 aliphatic rings. The number of aryl methyl sites for hydroxylation is 1. The first-order valence-electron chi connectivity index (χ1n) is 8.12. The number of methoxy groups -OCH3 is 2. The van der Waals surface area contributed by atoms with E-state index in [1.807, 2.05) is 43.3 Å². The Morgan fingerprint density at radius 2 is 2.04 bits per heavy atom. The molecule has 3 rings (SSSR count). The van der Waals surface area contributed by atoms with Crippen molar-refractivity contribution in [2.45, 2.75) is 13.5 Å². The zero-order valence-corrected chi connectivity index (χ0v) is 14.9. The molecule has 0 fully saturated rings. The summed E-state index contributed by atoms with van der Waals surface area (Å²) in [5.74, 6) is 0.952. The summed E-state index contributed by atoms with van der Waals surface area (Å²) in [7, 11) is 3.00. The minimum Gasteiger partial charge on any atom is -0.497 e. The molecule has 0 bridgehead atoms. The highest BCUT2D eigenvalue weighted by Crippen LogP contribution is 2.23. The largest absolute Gasteiger partial charge is 0.497 e. The third-order valence-electron chi connectivity index (χ3n) is 3.97. The van der Waals surface area contributed by atoms with E-state index in [2.05, 4.69) is 10.3 Å². The number of carbonyl (C=O) groups excluding carboxylic acids is 1. The van der Waals surface area contributed by atoms with Crippen LogP contribution in [0.15, 0.2) is 53.1 Å². The van der Waals surface area contributed by atoms with E-state index < -0.39 is 0 Å². The molecule has 6 nitrogen and oxygen atoms in total. The Morgan fingerprint density at radius 3 is 2.77 bits per heavy atom. The second-order valence-electron chi connectivity index (χ2n) is 5.75. The molecule has 0 spiro atoms. The average Bonchev–Trinajstić information content (AvgIpc) is 3.15. The molecule has 0 radical (unpaired) electrons. The molecule has 1 heterocycles. The summed E-state index contributed by atoms with van der Waals surface area (Å²) in [6, 6.07) is 13.0. The van der Waals surface area contributed by atoms with Crippen LogP contribution in [0.4, 0.5) is 5.69 Å². The molecule has 0 unspecified atom stereocenters. The van der Waals surface area contributed by atoms with Crippen molar-refractivity contribution in [3.63, 3.8) is 0 Å². The van der Waals surface area contributed by atoms with E-state index in [1.54, 1.807) is 19.4 Å². The molecule has 26 heavy (non-hydrogen) atoms. The fraction of sp³-hybridized carbons (Fsp3) is 0.200. The summed E-state index contributed by atoms with van der Waals surface area (Å²) in [5, 5.41) is 3.27. The molecule has 0 saturated carbocycles. The minimum absolute atomic E-state index is 0.339. The Morgan fingerprint density at radius 1 is 1.19 bits per heavy atom. The molecule has 134 valence electrons. The van der Waals surface area contributed by atoms with Gasteiger partial charge in [0.15, 0.2) is 0 Å². The van der Waals surface area contributed by atoms with E-state index in [-0.39, 0.29) is 5.97 Å². The van der Waals surface area contributed by atoms with Gasteiger partial charge in [-0.3, -0.25) is 0 Å². The smallest absolute Gasteiger partial charge is 0.338 e. The number of anilines is 1. The Kier molecular flexibility index (Phi) is 5.22. The number of benzene rings is 2. The molecule has 0 aliphatic carbocycles. The van der Waals surface area contributed by atoms with Crippen LogP contribution in [-0.2, 0) is 11.3 Å². The Labute approximate surface area is 151 Å². The first-order chi connectivity index (χ1) is 12.6. The fourth-order valence-electron chi connectivity index (χ4n) is 2.58. The predicted molar refractivity (Wildman–Crippen MR) is 98.3 cm³/mol. The molecule has 2 aromatic carbocycles. The fourth-order valence-corrected chi connectivity index (χ4v) is 2.58. The van der Waals surface area contributed by atoms with E-state index in [0.29, 0.717) is 18.0 Å². The molecule has 3 aromatic rings. The second kappa shape index (κ2) is 7.74. The van der Waals surface area contributed by atoms with Crippen LogP contribution in [0.3, 0.4) is 0 Å². The number of aromatic nitrogens is 1. The Hall–Kier alpha value is -3.28. The second-order valence-corrected chi connectivity index (χ2v) is 5.75. The predicted octanol–water partition coefficient (Wildman–Crippen LogP) is 4.06. The Bertz CT molecular complexity index is 918. The molecule has 6 heteroatoms. The monoisotopic (exact) mass is 352 g/mol. The lowest BCUT2D eigenvalue weighted by molar-refractivity contribution is 0.0600. The van der Waals surface area contributed by atoms with Gasteiger partial charge in [0.1, 0.15) is 12.0 Å². The normalized spacial score (nSPS) is 10.4. The van der Waals surface area contributed by atoms with Gasteiger partial charge >= 0.3 is 5.97 Å². The van der Waals surface area contributed by atoms with Gasteiger partial charge in [-0.05, 0) is 48.9 Å². The number of nitrogens with one attached hydrogen (secondary N) is 1. The van der Waals surface area contributed by atoms with Gasteiger partial charge in [-0.1, -0.05) is 6.07 Å². The summed E-state index contributed by atoms with van der Waals surface area (Å²) in [4.78, 5) is 16.1. The number of nitrogens with zero attached hydrogens (tertiary/aromatic N) is 1. The van der Waals surface area contributed by atoms with E-state index in [9.17, 15) is 4.79 Å². The van der Waals surface area contributed by atoms with Gasteiger partial charge < -0.3 is 19.2 Å². The number of oxazole rings is 1. The van der Waals surface area contributed by atoms with Crippen LogP contribution in [-0.4, -0.2) is 25.2 Å². The minimum atomic E-state index is -0.339. The lowest BCUT2D eigenvalue weighted by Gasteiger charge is -2.08. The van der Waals surface area contributed by atoms with Crippen LogP contribution in [0.25, 0.3) is 11.5 Å². The van der Waals surface area contributed by atoms with Crippen molar-refractivity contribution in [3.8, 4) is 17.2 Å². The van der Waals surface area contributed by atoms with Crippen molar-refractivity contribution >= 4 is 11.7 Å². The molecule has 0 aliphatic heterocycles. The molecular weight excluding hydrogens is 332 g/mol. The van der Waals surface area contributed by atoms with Crippen LogP contribution in [0.1, 0.15) is 21.6 Å². The number of esters is 1. The van der Waals surface area contributed by atoms with Gasteiger partial charge in [0.2, 0.25) is 5.89 Å². The highest BCUT2D eigenvalue weighted by Gasteiger charge is 2.10. The number of rotatable bonds is 6. The standard InChI is InChI=1S/C20H20N2O4/c1-13-9-15(7-8-18(13)20(23)25-3)21-11-16-12-26-19(22-16)14-5-4-6-17(10-14)24-2/h4-10,12,21H,11H2,1-3H3. The van der Waals surface area contributed by atoms with Crippen molar-refractivity contribution in [1.82, 2.24) is 4.98 Å². The molecular formula is C20H20N2O4. The highest BCUT2D eigenvalue weighted by molar-refractivity contribution is 5.91. The van der Waals surface area contributed by atoms with Gasteiger partial charge in [0, 0.05) is 11.3 Å². The lowest BCUT2D eigenvalue weighted by atomic mass is 10.1. The van der Waals surface area contributed by atoms with Crippen LogP contribution in [0.2, 0.25) is 0 Å². The lowest BCUT2D eigenvalue weighted by Crippen LogP contribution is -2.05. The van der Waals surface area contributed by atoms with Gasteiger partial charge in [-0.15, -0.1) is 0 Å². The van der Waals surface area contributed by atoms with Crippen molar-refractivity contribution in [3.05, 3.63) is 65.5 Å². The zero-order chi connectivity index (χ0) is 18.5. The number of carbonyl (C=O) groups is 1. The van der Waals surface area contributed by atoms with E-state index in [4.69, 9.17) is 13.9 Å². The molecule has 1 aromatic heterocycles. The summed E-state index contributed by atoms with van der Waals surface area (Å²) in [6.07, 6.45) is 1.62. The van der Waals surface area contributed by atoms with Gasteiger partial charge in [0.05, 0.1) is 32.0 Å². The molecule has 0 atom stereocenters. The maximum Gasteiger partial charge on any atom is 0.338 e. The summed E-state index contributed by atoms with van der Waals surface area (Å²) < 4.78 is 15.5.